The molecule has 1 aliphatic heterocycles. The first-order valence-electron chi connectivity index (χ1n) is 9.87. The van der Waals surface area contributed by atoms with Crippen LogP contribution in [0.5, 0.6) is 0 Å². The summed E-state index contributed by atoms with van der Waals surface area (Å²) in [5.41, 5.74) is 4.52. The van der Waals surface area contributed by atoms with Crippen LogP contribution in [0.15, 0.2) is 54.9 Å². The van der Waals surface area contributed by atoms with Gasteiger partial charge in [-0.05, 0) is 35.4 Å². The lowest BCUT2D eigenvalue weighted by atomic mass is 10.00. The molecule has 4 rings (SSSR count). The lowest BCUT2D eigenvalue weighted by Crippen LogP contribution is -2.49. The van der Waals surface area contributed by atoms with Crippen molar-refractivity contribution >= 4 is 11.9 Å². The van der Waals surface area contributed by atoms with Crippen LogP contribution in [0.4, 0.5) is 0 Å². The molecular weight excluding hydrogens is 394 g/mol. The summed E-state index contributed by atoms with van der Waals surface area (Å²) in [5, 5.41) is 21.0. The van der Waals surface area contributed by atoms with Gasteiger partial charge in [0, 0.05) is 26.1 Å². The summed E-state index contributed by atoms with van der Waals surface area (Å²) in [5.74, 6) is -1.06. The number of nitrogens with one attached hydrogen (secondary N) is 2. The number of rotatable bonds is 6. The van der Waals surface area contributed by atoms with E-state index in [4.69, 9.17) is 10.4 Å². The third kappa shape index (κ3) is 4.63. The van der Waals surface area contributed by atoms with Crippen molar-refractivity contribution in [2.75, 3.05) is 0 Å². The number of hydrogen-bond donors (Lipinski definition) is 3. The molecule has 0 spiro atoms. The second-order valence-electron chi connectivity index (χ2n) is 7.48. The second kappa shape index (κ2) is 8.81. The van der Waals surface area contributed by atoms with Gasteiger partial charge in [0.1, 0.15) is 0 Å². The summed E-state index contributed by atoms with van der Waals surface area (Å²) in [7, 11) is 0. The van der Waals surface area contributed by atoms with E-state index in [0.29, 0.717) is 31.6 Å². The molecule has 2 heterocycles. The van der Waals surface area contributed by atoms with Gasteiger partial charge in [0.2, 0.25) is 5.91 Å². The molecule has 0 aliphatic carbocycles. The molecule has 3 N–H and O–H groups in total. The minimum atomic E-state index is -0.966. The zero-order valence-corrected chi connectivity index (χ0v) is 16.7. The van der Waals surface area contributed by atoms with E-state index in [2.05, 4.69) is 26.3 Å². The predicted octanol–water partition coefficient (Wildman–Crippen LogP) is 2.22. The van der Waals surface area contributed by atoms with Gasteiger partial charge in [0.25, 0.3) is 0 Å². The van der Waals surface area contributed by atoms with Crippen LogP contribution in [-0.2, 0) is 30.8 Å². The molecule has 0 saturated carbocycles. The van der Waals surface area contributed by atoms with Crippen LogP contribution in [0.2, 0.25) is 0 Å². The number of nitrogens with zero attached hydrogens (tertiary/aromatic N) is 3. The minimum Gasteiger partial charge on any atom is -0.478 e. The fourth-order valence-corrected chi connectivity index (χ4v) is 3.70. The first-order valence-corrected chi connectivity index (χ1v) is 9.87. The monoisotopic (exact) mass is 415 g/mol. The standard InChI is InChI=1S/C23H21N5O3/c24-10-15-1-3-16(4-2-15)11-25-22(29)21-9-19-20(27-14-26-19)13-28(21)12-17-5-7-18(8-6-17)23(30)31/h1-8,14,21H,9,11-13H2,(H,25,29)(H,26,27)(H,30,31)/t21-/m0/s1. The van der Waals surface area contributed by atoms with E-state index in [1.165, 1.54) is 0 Å². The molecule has 1 aromatic heterocycles. The number of hydrogen-bond acceptors (Lipinski definition) is 5. The fourth-order valence-electron chi connectivity index (χ4n) is 3.70. The zero-order chi connectivity index (χ0) is 21.8. The van der Waals surface area contributed by atoms with Crippen LogP contribution in [-0.4, -0.2) is 37.9 Å². The first-order chi connectivity index (χ1) is 15.0. The van der Waals surface area contributed by atoms with E-state index in [1.807, 2.05) is 12.1 Å². The fraction of sp³-hybridized carbons (Fsp3) is 0.217. The van der Waals surface area contributed by atoms with Gasteiger partial charge in [-0.1, -0.05) is 24.3 Å². The Bertz CT molecular complexity index is 1130. The van der Waals surface area contributed by atoms with E-state index in [0.717, 1.165) is 22.5 Å². The second-order valence-corrected chi connectivity index (χ2v) is 7.48. The molecule has 8 heteroatoms. The van der Waals surface area contributed by atoms with Gasteiger partial charge in [-0.25, -0.2) is 9.78 Å². The van der Waals surface area contributed by atoms with E-state index >= 15 is 0 Å². The summed E-state index contributed by atoms with van der Waals surface area (Å²) in [4.78, 5) is 33.7. The Kier molecular flexibility index (Phi) is 5.78. The van der Waals surface area contributed by atoms with Crippen molar-refractivity contribution < 1.29 is 14.7 Å². The van der Waals surface area contributed by atoms with Crippen LogP contribution in [0.25, 0.3) is 0 Å². The highest BCUT2D eigenvalue weighted by atomic mass is 16.4. The number of carbonyl (C=O) groups excluding carboxylic acids is 1. The number of carboxylic acid groups (broad SMARTS) is 1. The molecular formula is C23H21N5O3. The van der Waals surface area contributed by atoms with Crippen LogP contribution in [0, 0.1) is 11.3 Å². The molecule has 0 radical (unpaired) electrons. The molecule has 0 saturated heterocycles. The number of carboxylic acids is 1. The van der Waals surface area contributed by atoms with Gasteiger partial charge >= 0.3 is 5.97 Å². The van der Waals surface area contributed by atoms with Crippen molar-refractivity contribution in [2.45, 2.75) is 32.1 Å². The van der Waals surface area contributed by atoms with Crippen molar-refractivity contribution in [1.82, 2.24) is 20.2 Å². The molecule has 1 aliphatic rings. The van der Waals surface area contributed by atoms with E-state index in [1.54, 1.807) is 42.7 Å². The average Bonchev–Trinajstić information content (AvgIpc) is 3.25. The molecule has 31 heavy (non-hydrogen) atoms. The lowest BCUT2D eigenvalue weighted by Gasteiger charge is -2.34. The largest absolute Gasteiger partial charge is 0.478 e. The summed E-state index contributed by atoms with van der Waals surface area (Å²) < 4.78 is 0. The Morgan fingerprint density at radius 3 is 2.55 bits per heavy atom. The molecule has 0 fully saturated rings. The number of H-pyrrole nitrogens is 1. The van der Waals surface area contributed by atoms with Crippen molar-refractivity contribution in [3.05, 3.63) is 88.5 Å². The predicted molar refractivity (Wildman–Crippen MR) is 112 cm³/mol. The normalized spacial score (nSPS) is 15.6. The zero-order valence-electron chi connectivity index (χ0n) is 16.7. The number of imidazole rings is 1. The van der Waals surface area contributed by atoms with Crippen molar-refractivity contribution in [2.24, 2.45) is 0 Å². The Hall–Kier alpha value is -3.96. The number of amides is 1. The number of aromatic carboxylic acids is 1. The highest BCUT2D eigenvalue weighted by Crippen LogP contribution is 2.23. The van der Waals surface area contributed by atoms with Gasteiger partial charge in [-0.2, -0.15) is 5.26 Å². The van der Waals surface area contributed by atoms with Crippen LogP contribution >= 0.6 is 0 Å². The lowest BCUT2D eigenvalue weighted by molar-refractivity contribution is -0.127. The minimum absolute atomic E-state index is 0.0971. The Morgan fingerprint density at radius 2 is 1.87 bits per heavy atom. The van der Waals surface area contributed by atoms with Gasteiger partial charge < -0.3 is 15.4 Å². The molecule has 0 unspecified atom stereocenters. The number of aromatic nitrogens is 2. The van der Waals surface area contributed by atoms with E-state index in [-0.39, 0.29) is 11.5 Å². The Morgan fingerprint density at radius 1 is 1.16 bits per heavy atom. The summed E-state index contributed by atoms with van der Waals surface area (Å²) in [6.45, 7) is 1.42. The molecule has 3 aromatic rings. The van der Waals surface area contributed by atoms with Crippen LogP contribution < -0.4 is 5.32 Å². The summed E-state index contributed by atoms with van der Waals surface area (Å²) >= 11 is 0. The van der Waals surface area contributed by atoms with E-state index < -0.39 is 12.0 Å². The third-order valence-electron chi connectivity index (χ3n) is 5.44. The Balaban J connectivity index is 1.47. The average molecular weight is 415 g/mol. The molecule has 8 nitrogen and oxygen atoms in total. The van der Waals surface area contributed by atoms with Crippen molar-refractivity contribution in [3.8, 4) is 6.07 Å². The molecule has 156 valence electrons. The highest BCUT2D eigenvalue weighted by Gasteiger charge is 2.32. The first kappa shape index (κ1) is 20.3. The van der Waals surface area contributed by atoms with Crippen LogP contribution in [0.1, 0.15) is 38.4 Å². The Labute approximate surface area is 179 Å². The van der Waals surface area contributed by atoms with Gasteiger partial charge in [0.15, 0.2) is 0 Å². The number of aromatic amines is 1. The SMILES string of the molecule is N#Cc1ccc(CNC(=O)[C@@H]2Cc3nc[nH]c3CN2Cc2ccc(C(=O)O)cc2)cc1. The van der Waals surface area contributed by atoms with E-state index in [9.17, 15) is 9.59 Å². The summed E-state index contributed by atoms with van der Waals surface area (Å²) in [6, 6.07) is 15.5. The smallest absolute Gasteiger partial charge is 0.335 e. The van der Waals surface area contributed by atoms with Gasteiger partial charge in [-0.15, -0.1) is 0 Å². The molecule has 2 aromatic carbocycles. The molecule has 0 bridgehead atoms. The molecule has 1 atom stereocenters. The maximum absolute atomic E-state index is 13.0. The quantitative estimate of drug-likeness (QED) is 0.567. The van der Waals surface area contributed by atoms with Crippen LogP contribution in [0.3, 0.4) is 0 Å². The van der Waals surface area contributed by atoms with Crippen molar-refractivity contribution in [3.63, 3.8) is 0 Å². The summed E-state index contributed by atoms with van der Waals surface area (Å²) in [6.07, 6.45) is 2.13. The number of benzene rings is 2. The number of nitriles is 1. The van der Waals surface area contributed by atoms with Gasteiger partial charge in [-0.3, -0.25) is 9.69 Å². The number of carbonyl (C=O) groups is 2. The third-order valence-corrected chi connectivity index (χ3v) is 5.44. The molecule has 1 amide bonds. The maximum atomic E-state index is 13.0. The number of fused-ring (bicyclic) bond motifs is 1. The highest BCUT2D eigenvalue weighted by molar-refractivity contribution is 5.87. The van der Waals surface area contributed by atoms with Gasteiger partial charge in [0.05, 0.1) is 41.0 Å². The van der Waals surface area contributed by atoms with Crippen molar-refractivity contribution in [1.29, 1.82) is 5.26 Å². The maximum Gasteiger partial charge on any atom is 0.335 e. The topological polar surface area (TPSA) is 122 Å².